The highest BCUT2D eigenvalue weighted by atomic mass is 15.2. The molecule has 4 heteroatoms. The van der Waals surface area contributed by atoms with Crippen LogP contribution < -0.4 is 0 Å². The predicted octanol–water partition coefficient (Wildman–Crippen LogP) is 10.8. The van der Waals surface area contributed by atoms with E-state index in [1.165, 1.54) is 38.8 Å². The van der Waals surface area contributed by atoms with E-state index in [-0.39, 0.29) is 0 Å². The predicted molar refractivity (Wildman–Crippen MR) is 195 cm³/mol. The Morgan fingerprint density at radius 3 is 1.68 bits per heavy atom. The summed E-state index contributed by atoms with van der Waals surface area (Å²) < 4.78 is 2.18. The van der Waals surface area contributed by atoms with Crippen LogP contribution in [-0.2, 0) is 12.8 Å². The largest absolute Gasteiger partial charge is 0.278 e. The van der Waals surface area contributed by atoms with Gasteiger partial charge in [0.2, 0.25) is 5.95 Å². The van der Waals surface area contributed by atoms with E-state index < -0.39 is 0 Å². The smallest absolute Gasteiger partial charge is 0.238 e. The molecule has 0 saturated heterocycles. The number of aromatic nitrogens is 4. The third-order valence-electron chi connectivity index (χ3n) is 9.07. The zero-order chi connectivity index (χ0) is 31.7. The molecule has 226 valence electrons. The molecule has 0 aliphatic heterocycles. The van der Waals surface area contributed by atoms with Gasteiger partial charge in [0.15, 0.2) is 11.6 Å². The van der Waals surface area contributed by atoms with Crippen molar-refractivity contribution in [1.82, 2.24) is 19.5 Å². The van der Waals surface area contributed by atoms with E-state index in [4.69, 9.17) is 15.0 Å². The van der Waals surface area contributed by atoms with Gasteiger partial charge in [-0.15, -0.1) is 0 Å². The molecule has 8 rings (SSSR count). The summed E-state index contributed by atoms with van der Waals surface area (Å²) in [5.41, 5.74) is 11.8. The lowest BCUT2D eigenvalue weighted by Crippen LogP contribution is -2.06. The van der Waals surface area contributed by atoms with Gasteiger partial charge in [-0.2, -0.15) is 9.97 Å². The summed E-state index contributed by atoms with van der Waals surface area (Å²) in [5.74, 6) is 1.89. The first-order valence-corrected chi connectivity index (χ1v) is 16.3. The number of nitrogens with zero attached hydrogens (tertiary/aromatic N) is 4. The van der Waals surface area contributed by atoms with Gasteiger partial charge in [-0.3, -0.25) is 4.57 Å². The molecule has 0 aliphatic carbocycles. The number of rotatable bonds is 7. The second-order valence-corrected chi connectivity index (χ2v) is 11.8. The lowest BCUT2D eigenvalue weighted by Gasteiger charge is -2.14. The normalized spacial score (nSPS) is 11.4. The standard InChI is InChI=1S/C43H34N4/c1-3-29-15-11-12-20-35(29)36-25-23-33(27-30(36)4-2)34-24-26-40-38(28-34)37-21-13-14-22-39(37)47(40)43-45-41(31-16-7-5-8-17-31)44-42(46-43)32-18-9-6-10-19-32/h5-28H,3-4H2,1-2H3. The Hall–Kier alpha value is -5.87. The van der Waals surface area contributed by atoms with Gasteiger partial charge in [0.25, 0.3) is 0 Å². The third-order valence-corrected chi connectivity index (χ3v) is 9.07. The van der Waals surface area contributed by atoms with Crippen LogP contribution in [0.5, 0.6) is 0 Å². The average molecular weight is 607 g/mol. The van der Waals surface area contributed by atoms with E-state index in [1.807, 2.05) is 60.7 Å². The van der Waals surface area contributed by atoms with Gasteiger partial charge >= 0.3 is 0 Å². The summed E-state index contributed by atoms with van der Waals surface area (Å²) in [6.07, 6.45) is 1.98. The van der Waals surface area contributed by atoms with E-state index in [1.54, 1.807) is 0 Å². The summed E-state index contributed by atoms with van der Waals surface area (Å²) >= 11 is 0. The molecule has 0 radical (unpaired) electrons. The fraction of sp³-hybridized carbons (Fsp3) is 0.0930. The number of aryl methyl sites for hydroxylation is 2. The van der Waals surface area contributed by atoms with Crippen molar-refractivity contribution in [2.75, 3.05) is 0 Å². The Bertz CT molecular complexity index is 2310. The van der Waals surface area contributed by atoms with Crippen molar-refractivity contribution in [3.63, 3.8) is 0 Å². The Labute approximate surface area is 275 Å². The Morgan fingerprint density at radius 1 is 0.426 bits per heavy atom. The minimum atomic E-state index is 0.601. The number of hydrogen-bond donors (Lipinski definition) is 0. The van der Waals surface area contributed by atoms with Crippen molar-refractivity contribution in [2.24, 2.45) is 0 Å². The van der Waals surface area contributed by atoms with Crippen LogP contribution in [0.25, 0.3) is 72.8 Å². The van der Waals surface area contributed by atoms with Crippen LogP contribution in [0.15, 0.2) is 146 Å². The number of para-hydroxylation sites is 1. The molecular formula is C43H34N4. The summed E-state index contributed by atoms with van der Waals surface area (Å²) in [7, 11) is 0. The fourth-order valence-corrected chi connectivity index (χ4v) is 6.69. The van der Waals surface area contributed by atoms with Crippen LogP contribution in [-0.4, -0.2) is 19.5 Å². The van der Waals surface area contributed by atoms with E-state index in [0.717, 1.165) is 40.4 Å². The zero-order valence-electron chi connectivity index (χ0n) is 26.6. The molecule has 0 amide bonds. The minimum Gasteiger partial charge on any atom is -0.278 e. The van der Waals surface area contributed by atoms with Crippen molar-refractivity contribution >= 4 is 21.8 Å². The number of hydrogen-bond acceptors (Lipinski definition) is 3. The highest BCUT2D eigenvalue weighted by molar-refractivity contribution is 6.10. The van der Waals surface area contributed by atoms with Crippen molar-refractivity contribution in [1.29, 1.82) is 0 Å². The highest BCUT2D eigenvalue weighted by Gasteiger charge is 2.18. The molecule has 47 heavy (non-hydrogen) atoms. The Kier molecular flexibility index (Phi) is 7.39. The lowest BCUT2D eigenvalue weighted by atomic mass is 9.90. The highest BCUT2D eigenvalue weighted by Crippen LogP contribution is 2.37. The van der Waals surface area contributed by atoms with E-state index in [9.17, 15) is 0 Å². The molecule has 6 aromatic carbocycles. The Morgan fingerprint density at radius 2 is 0.979 bits per heavy atom. The van der Waals surface area contributed by atoms with Crippen LogP contribution in [0.3, 0.4) is 0 Å². The monoisotopic (exact) mass is 606 g/mol. The van der Waals surface area contributed by atoms with E-state index in [0.29, 0.717) is 17.6 Å². The second kappa shape index (κ2) is 12.1. The molecule has 0 bridgehead atoms. The average Bonchev–Trinajstić information content (AvgIpc) is 3.49. The maximum atomic E-state index is 5.07. The maximum Gasteiger partial charge on any atom is 0.238 e. The van der Waals surface area contributed by atoms with Gasteiger partial charge < -0.3 is 0 Å². The van der Waals surface area contributed by atoms with Gasteiger partial charge in [0, 0.05) is 21.9 Å². The van der Waals surface area contributed by atoms with Gasteiger partial charge in [0.1, 0.15) is 0 Å². The first-order valence-electron chi connectivity index (χ1n) is 16.3. The molecule has 0 N–H and O–H groups in total. The van der Waals surface area contributed by atoms with Crippen molar-refractivity contribution in [2.45, 2.75) is 26.7 Å². The van der Waals surface area contributed by atoms with Gasteiger partial charge in [-0.1, -0.05) is 141 Å². The topological polar surface area (TPSA) is 43.6 Å². The summed E-state index contributed by atoms with van der Waals surface area (Å²) in [6, 6.07) is 51.3. The molecule has 0 aliphatic rings. The van der Waals surface area contributed by atoms with Gasteiger partial charge in [-0.05, 0) is 64.4 Å². The van der Waals surface area contributed by atoms with Crippen LogP contribution >= 0.6 is 0 Å². The summed E-state index contributed by atoms with van der Waals surface area (Å²) in [4.78, 5) is 15.1. The van der Waals surface area contributed by atoms with Crippen molar-refractivity contribution in [3.05, 3.63) is 157 Å². The molecular weight excluding hydrogens is 573 g/mol. The molecule has 0 fully saturated rings. The second-order valence-electron chi connectivity index (χ2n) is 11.8. The summed E-state index contributed by atoms with van der Waals surface area (Å²) in [6.45, 7) is 4.47. The minimum absolute atomic E-state index is 0.601. The van der Waals surface area contributed by atoms with Crippen LogP contribution in [0.1, 0.15) is 25.0 Å². The summed E-state index contributed by atoms with van der Waals surface area (Å²) in [5, 5.41) is 2.33. The van der Waals surface area contributed by atoms with Crippen LogP contribution in [0, 0.1) is 0 Å². The molecule has 0 spiro atoms. The van der Waals surface area contributed by atoms with Crippen molar-refractivity contribution < 1.29 is 0 Å². The molecule has 4 nitrogen and oxygen atoms in total. The number of fused-ring (bicyclic) bond motifs is 3. The first kappa shape index (κ1) is 28.6. The fourth-order valence-electron chi connectivity index (χ4n) is 6.69. The molecule has 2 aromatic heterocycles. The van der Waals surface area contributed by atoms with Crippen LogP contribution in [0.4, 0.5) is 0 Å². The van der Waals surface area contributed by atoms with Gasteiger partial charge in [-0.25, -0.2) is 4.98 Å². The molecule has 2 heterocycles. The van der Waals surface area contributed by atoms with Crippen LogP contribution in [0.2, 0.25) is 0 Å². The SMILES string of the molecule is CCc1ccccc1-c1ccc(-c2ccc3c(c2)c2ccccc2n3-c2nc(-c3ccccc3)nc(-c3ccccc3)n2)cc1CC. The first-order chi connectivity index (χ1) is 23.2. The quantitative estimate of drug-likeness (QED) is 0.181. The molecule has 0 unspecified atom stereocenters. The lowest BCUT2D eigenvalue weighted by molar-refractivity contribution is 0.953. The molecule has 0 saturated carbocycles. The third kappa shape index (κ3) is 5.18. The van der Waals surface area contributed by atoms with Gasteiger partial charge in [0.05, 0.1) is 11.0 Å². The molecule has 8 aromatic rings. The molecule has 0 atom stereocenters. The zero-order valence-corrected chi connectivity index (χ0v) is 26.6. The van der Waals surface area contributed by atoms with E-state index >= 15 is 0 Å². The van der Waals surface area contributed by atoms with E-state index in [2.05, 4.69) is 103 Å². The van der Waals surface area contributed by atoms with Crippen molar-refractivity contribution in [3.8, 4) is 51.0 Å². The number of benzene rings is 6. The maximum absolute atomic E-state index is 5.07. The Balaban J connectivity index is 1.30.